The van der Waals surface area contributed by atoms with Crippen LogP contribution in [0.15, 0.2) is 18.2 Å². The average Bonchev–Trinajstić information content (AvgIpc) is 2.66. The van der Waals surface area contributed by atoms with Crippen LogP contribution in [0.3, 0.4) is 0 Å². The highest BCUT2D eigenvalue weighted by Crippen LogP contribution is 2.23. The van der Waals surface area contributed by atoms with Gasteiger partial charge in [-0.15, -0.1) is 0 Å². The summed E-state index contributed by atoms with van der Waals surface area (Å²) in [4.78, 5) is 15.4. The molecule has 16 heavy (non-hydrogen) atoms. The summed E-state index contributed by atoms with van der Waals surface area (Å²) in [7, 11) is 0. The van der Waals surface area contributed by atoms with Gasteiger partial charge in [0, 0.05) is 13.0 Å². The summed E-state index contributed by atoms with van der Waals surface area (Å²) in [5, 5.41) is 8.96. The van der Waals surface area contributed by atoms with Crippen molar-refractivity contribution >= 4 is 17.0 Å². The van der Waals surface area contributed by atoms with E-state index in [2.05, 4.69) is 9.55 Å². The van der Waals surface area contributed by atoms with Gasteiger partial charge in [-0.25, -0.2) is 9.78 Å². The highest BCUT2D eigenvalue weighted by Gasteiger charge is 2.15. The molecule has 4 nitrogen and oxygen atoms in total. The Morgan fingerprint density at radius 3 is 3.06 bits per heavy atom. The molecule has 0 spiro atoms. The fourth-order valence-electron chi connectivity index (χ4n) is 2.30. The third-order valence-corrected chi connectivity index (χ3v) is 3.11. The zero-order valence-corrected chi connectivity index (χ0v) is 8.81. The van der Waals surface area contributed by atoms with Crippen molar-refractivity contribution < 1.29 is 9.90 Å². The Kier molecular flexibility index (Phi) is 1.96. The van der Waals surface area contributed by atoms with Crippen LogP contribution in [-0.4, -0.2) is 20.6 Å². The Balaban J connectivity index is 2.25. The smallest absolute Gasteiger partial charge is 0.335 e. The van der Waals surface area contributed by atoms with E-state index >= 15 is 0 Å². The molecule has 0 saturated carbocycles. The summed E-state index contributed by atoms with van der Waals surface area (Å²) < 4.78 is 2.14. The van der Waals surface area contributed by atoms with E-state index in [1.807, 2.05) is 0 Å². The van der Waals surface area contributed by atoms with E-state index in [0.717, 1.165) is 36.2 Å². The fourth-order valence-corrected chi connectivity index (χ4v) is 2.30. The number of aryl methyl sites for hydroxylation is 2. The van der Waals surface area contributed by atoms with Crippen molar-refractivity contribution in [2.75, 3.05) is 0 Å². The van der Waals surface area contributed by atoms with E-state index in [1.165, 1.54) is 6.42 Å². The second-order valence-corrected chi connectivity index (χ2v) is 4.15. The first-order valence-electron chi connectivity index (χ1n) is 5.48. The van der Waals surface area contributed by atoms with Crippen LogP contribution in [0.2, 0.25) is 0 Å². The van der Waals surface area contributed by atoms with Gasteiger partial charge in [-0.05, 0) is 31.0 Å². The topological polar surface area (TPSA) is 55.1 Å². The number of carboxylic acids is 1. The van der Waals surface area contributed by atoms with Crippen molar-refractivity contribution in [1.82, 2.24) is 9.55 Å². The Bertz CT molecular complexity index is 572. The Morgan fingerprint density at radius 1 is 1.38 bits per heavy atom. The third kappa shape index (κ3) is 1.30. The van der Waals surface area contributed by atoms with Gasteiger partial charge in [-0.2, -0.15) is 0 Å². The van der Waals surface area contributed by atoms with Crippen LogP contribution in [0.5, 0.6) is 0 Å². The van der Waals surface area contributed by atoms with Crippen LogP contribution in [-0.2, 0) is 13.0 Å². The second kappa shape index (κ2) is 3.33. The minimum Gasteiger partial charge on any atom is -0.478 e. The molecule has 4 heteroatoms. The van der Waals surface area contributed by atoms with E-state index in [1.54, 1.807) is 18.2 Å². The van der Waals surface area contributed by atoms with Gasteiger partial charge in [0.2, 0.25) is 0 Å². The molecular formula is C12H12N2O2. The summed E-state index contributed by atoms with van der Waals surface area (Å²) in [6.45, 7) is 0.953. The molecule has 0 amide bonds. The Hall–Kier alpha value is -1.84. The maximum atomic E-state index is 10.9. The number of benzene rings is 1. The van der Waals surface area contributed by atoms with E-state index in [9.17, 15) is 4.79 Å². The lowest BCUT2D eigenvalue weighted by Gasteiger charge is -2.13. The van der Waals surface area contributed by atoms with Crippen molar-refractivity contribution in [3.8, 4) is 0 Å². The monoisotopic (exact) mass is 216 g/mol. The number of nitrogens with zero attached hydrogens (tertiary/aromatic N) is 2. The minimum atomic E-state index is -0.881. The Labute approximate surface area is 92.5 Å². The maximum absolute atomic E-state index is 10.9. The van der Waals surface area contributed by atoms with Crippen LogP contribution in [0.25, 0.3) is 11.0 Å². The van der Waals surface area contributed by atoms with Crippen LogP contribution in [0.4, 0.5) is 0 Å². The fraction of sp³-hybridized carbons (Fsp3) is 0.333. The van der Waals surface area contributed by atoms with Gasteiger partial charge in [-0.1, -0.05) is 0 Å². The van der Waals surface area contributed by atoms with Crippen molar-refractivity contribution in [2.45, 2.75) is 25.8 Å². The molecule has 0 radical (unpaired) electrons. The SMILES string of the molecule is O=C(O)c1ccc2nc3n(c2c1)CCCC3. The molecule has 1 aliphatic heterocycles. The van der Waals surface area contributed by atoms with E-state index < -0.39 is 5.97 Å². The van der Waals surface area contributed by atoms with Crippen LogP contribution in [0, 0.1) is 0 Å². The lowest BCUT2D eigenvalue weighted by atomic mass is 10.1. The molecule has 0 aliphatic carbocycles. The maximum Gasteiger partial charge on any atom is 0.335 e. The zero-order chi connectivity index (χ0) is 11.1. The molecule has 3 rings (SSSR count). The lowest BCUT2D eigenvalue weighted by molar-refractivity contribution is 0.0697. The first-order chi connectivity index (χ1) is 7.75. The van der Waals surface area contributed by atoms with Gasteiger partial charge >= 0.3 is 5.97 Å². The molecule has 2 heterocycles. The highest BCUT2D eigenvalue weighted by atomic mass is 16.4. The average molecular weight is 216 g/mol. The molecule has 1 N–H and O–H groups in total. The molecule has 0 saturated heterocycles. The van der Waals surface area contributed by atoms with Gasteiger partial charge in [0.25, 0.3) is 0 Å². The number of imidazole rings is 1. The van der Waals surface area contributed by atoms with Crippen molar-refractivity contribution in [2.24, 2.45) is 0 Å². The van der Waals surface area contributed by atoms with Gasteiger partial charge < -0.3 is 9.67 Å². The van der Waals surface area contributed by atoms with E-state index in [-0.39, 0.29) is 0 Å². The Morgan fingerprint density at radius 2 is 2.25 bits per heavy atom. The number of aromatic nitrogens is 2. The van der Waals surface area contributed by atoms with Gasteiger partial charge in [0.05, 0.1) is 16.6 Å². The zero-order valence-electron chi connectivity index (χ0n) is 8.81. The first kappa shape index (κ1) is 9.39. The lowest BCUT2D eigenvalue weighted by Crippen LogP contribution is -2.10. The van der Waals surface area contributed by atoms with Gasteiger partial charge in [-0.3, -0.25) is 0 Å². The highest BCUT2D eigenvalue weighted by molar-refractivity contribution is 5.92. The summed E-state index contributed by atoms with van der Waals surface area (Å²) in [6.07, 6.45) is 3.32. The molecule has 1 aromatic heterocycles. The largest absolute Gasteiger partial charge is 0.478 e. The predicted octanol–water partition coefficient (Wildman–Crippen LogP) is 2.07. The standard InChI is InChI=1S/C12H12N2O2/c15-12(16)8-4-5-9-10(7-8)14-6-2-1-3-11(14)13-9/h4-5,7H,1-3,6H2,(H,15,16). The van der Waals surface area contributed by atoms with Crippen molar-refractivity contribution in [1.29, 1.82) is 0 Å². The summed E-state index contributed by atoms with van der Waals surface area (Å²) in [6, 6.07) is 5.13. The molecular weight excluding hydrogens is 204 g/mol. The van der Waals surface area contributed by atoms with Crippen LogP contribution < -0.4 is 0 Å². The molecule has 0 bridgehead atoms. The number of carboxylic acid groups (broad SMARTS) is 1. The molecule has 1 aliphatic rings. The molecule has 82 valence electrons. The van der Waals surface area contributed by atoms with E-state index in [4.69, 9.17) is 5.11 Å². The van der Waals surface area contributed by atoms with Crippen LogP contribution in [0.1, 0.15) is 29.0 Å². The molecule has 0 fully saturated rings. The van der Waals surface area contributed by atoms with Crippen molar-refractivity contribution in [3.63, 3.8) is 0 Å². The summed E-state index contributed by atoms with van der Waals surface area (Å²) >= 11 is 0. The minimum absolute atomic E-state index is 0.334. The van der Waals surface area contributed by atoms with Gasteiger partial charge in [0.1, 0.15) is 5.82 Å². The number of rotatable bonds is 1. The number of carbonyl (C=O) groups is 1. The second-order valence-electron chi connectivity index (χ2n) is 4.15. The molecule has 1 aromatic carbocycles. The van der Waals surface area contributed by atoms with Crippen LogP contribution >= 0.6 is 0 Å². The predicted molar refractivity (Wildman–Crippen MR) is 59.6 cm³/mol. The molecule has 0 atom stereocenters. The number of aromatic carboxylic acids is 1. The van der Waals surface area contributed by atoms with E-state index in [0.29, 0.717) is 5.56 Å². The molecule has 0 unspecified atom stereocenters. The van der Waals surface area contributed by atoms with Crippen molar-refractivity contribution in [3.05, 3.63) is 29.6 Å². The number of fused-ring (bicyclic) bond motifs is 3. The van der Waals surface area contributed by atoms with Gasteiger partial charge in [0.15, 0.2) is 0 Å². The number of hydrogen-bond donors (Lipinski definition) is 1. The summed E-state index contributed by atoms with van der Waals surface area (Å²) in [5.74, 6) is 0.206. The number of hydrogen-bond acceptors (Lipinski definition) is 2. The third-order valence-electron chi connectivity index (χ3n) is 3.11. The normalized spacial score (nSPS) is 15.0. The summed E-state index contributed by atoms with van der Waals surface area (Å²) in [5.41, 5.74) is 2.19. The first-order valence-corrected chi connectivity index (χ1v) is 5.48. The quantitative estimate of drug-likeness (QED) is 0.793. The molecule has 2 aromatic rings.